The van der Waals surface area contributed by atoms with Gasteiger partial charge in [0.2, 0.25) is 5.91 Å². The molecule has 9 heteroatoms. The number of hydrogen-bond acceptors (Lipinski definition) is 6. The molecule has 1 N–H and O–H groups in total. The third-order valence-electron chi connectivity index (χ3n) is 3.66. The number of anilines is 1. The lowest BCUT2D eigenvalue weighted by Gasteiger charge is -2.11. The third-order valence-corrected chi connectivity index (χ3v) is 4.74. The van der Waals surface area contributed by atoms with Gasteiger partial charge in [-0.15, -0.1) is 16.8 Å². The maximum Gasteiger partial charge on any atom is 0.238 e. The highest BCUT2D eigenvalue weighted by Gasteiger charge is 2.21. The van der Waals surface area contributed by atoms with Crippen molar-refractivity contribution in [3.05, 3.63) is 54.6 Å². The number of carbonyl (C=O) groups is 1. The molecule has 0 spiro atoms. The number of allylic oxidation sites excluding steroid dienone is 1. The van der Waals surface area contributed by atoms with Gasteiger partial charge in [-0.1, -0.05) is 23.0 Å². The molecule has 0 radical (unpaired) electrons. The fourth-order valence-electron chi connectivity index (χ4n) is 2.35. The largest absolute Gasteiger partial charge is 0.360 e. The highest BCUT2D eigenvalue weighted by molar-refractivity contribution is 8.00. The number of amides is 1. The van der Waals surface area contributed by atoms with Gasteiger partial charge in [0.25, 0.3) is 0 Å². The van der Waals surface area contributed by atoms with Crippen molar-refractivity contribution in [2.45, 2.75) is 30.8 Å². The van der Waals surface area contributed by atoms with Gasteiger partial charge in [0.1, 0.15) is 11.6 Å². The van der Waals surface area contributed by atoms with Crippen molar-refractivity contribution in [3.8, 4) is 11.4 Å². The summed E-state index contributed by atoms with van der Waals surface area (Å²) in [6, 6.07) is 7.64. The first-order valence-corrected chi connectivity index (χ1v) is 9.06. The van der Waals surface area contributed by atoms with E-state index in [0.29, 0.717) is 29.1 Å². The number of benzene rings is 1. The molecule has 0 bridgehead atoms. The minimum Gasteiger partial charge on any atom is -0.360 e. The quantitative estimate of drug-likeness (QED) is 0.492. The van der Waals surface area contributed by atoms with E-state index in [1.807, 2.05) is 4.57 Å². The zero-order valence-electron chi connectivity index (χ0n) is 14.8. The van der Waals surface area contributed by atoms with Gasteiger partial charge < -0.3 is 9.84 Å². The molecule has 7 nitrogen and oxygen atoms in total. The molecular formula is C18H18FN5O2S. The number of carbonyl (C=O) groups excluding carboxylic acids is 1. The van der Waals surface area contributed by atoms with Gasteiger partial charge in [-0.25, -0.2) is 4.39 Å². The van der Waals surface area contributed by atoms with Crippen molar-refractivity contribution in [1.29, 1.82) is 0 Å². The molecule has 140 valence electrons. The van der Waals surface area contributed by atoms with Crippen LogP contribution in [0.5, 0.6) is 0 Å². The van der Waals surface area contributed by atoms with E-state index >= 15 is 0 Å². The van der Waals surface area contributed by atoms with E-state index in [-0.39, 0.29) is 11.7 Å². The van der Waals surface area contributed by atoms with Gasteiger partial charge in [-0.05, 0) is 38.1 Å². The average Bonchev–Trinajstić information content (AvgIpc) is 3.22. The van der Waals surface area contributed by atoms with Crippen molar-refractivity contribution >= 4 is 23.5 Å². The number of nitrogens with zero attached hydrogens (tertiary/aromatic N) is 4. The van der Waals surface area contributed by atoms with Gasteiger partial charge in [-0.2, -0.15) is 0 Å². The summed E-state index contributed by atoms with van der Waals surface area (Å²) in [4.78, 5) is 12.4. The normalized spacial score (nSPS) is 12.0. The molecule has 1 amide bonds. The molecule has 1 atom stereocenters. The van der Waals surface area contributed by atoms with Crippen LogP contribution in [0.25, 0.3) is 11.4 Å². The Morgan fingerprint density at radius 2 is 2.15 bits per heavy atom. The summed E-state index contributed by atoms with van der Waals surface area (Å²) in [7, 11) is 0. The van der Waals surface area contributed by atoms with Gasteiger partial charge >= 0.3 is 0 Å². The van der Waals surface area contributed by atoms with E-state index in [1.165, 1.54) is 23.9 Å². The van der Waals surface area contributed by atoms with Crippen molar-refractivity contribution in [1.82, 2.24) is 19.9 Å². The summed E-state index contributed by atoms with van der Waals surface area (Å²) < 4.78 is 19.9. The Balaban J connectivity index is 1.78. The lowest BCUT2D eigenvalue weighted by Crippen LogP contribution is -2.23. The van der Waals surface area contributed by atoms with Crippen molar-refractivity contribution in [2.24, 2.45) is 0 Å². The molecule has 1 aromatic carbocycles. The average molecular weight is 387 g/mol. The van der Waals surface area contributed by atoms with Gasteiger partial charge in [0.05, 0.1) is 5.25 Å². The summed E-state index contributed by atoms with van der Waals surface area (Å²) >= 11 is 1.26. The van der Waals surface area contributed by atoms with Crippen molar-refractivity contribution < 1.29 is 13.7 Å². The maximum atomic E-state index is 13.2. The van der Waals surface area contributed by atoms with E-state index < -0.39 is 5.25 Å². The molecule has 0 fully saturated rings. The SMILES string of the molecule is C=CCn1c(S[C@@H](C)C(=O)Nc2cc(C)on2)nnc1-c1ccc(F)cc1. The summed E-state index contributed by atoms with van der Waals surface area (Å²) in [6.07, 6.45) is 1.71. The summed E-state index contributed by atoms with van der Waals surface area (Å²) in [6.45, 7) is 7.72. The van der Waals surface area contributed by atoms with Crippen LogP contribution in [0, 0.1) is 12.7 Å². The molecule has 27 heavy (non-hydrogen) atoms. The highest BCUT2D eigenvalue weighted by Crippen LogP contribution is 2.27. The number of thioether (sulfide) groups is 1. The first kappa shape index (κ1) is 18.8. The van der Waals surface area contributed by atoms with Gasteiger partial charge in [0, 0.05) is 18.2 Å². The lowest BCUT2D eigenvalue weighted by atomic mass is 10.2. The minimum atomic E-state index is -0.448. The monoisotopic (exact) mass is 387 g/mol. The Bertz CT molecular complexity index is 951. The second kappa shape index (κ2) is 8.17. The van der Waals surface area contributed by atoms with Crippen LogP contribution in [-0.4, -0.2) is 31.1 Å². The molecule has 0 aliphatic rings. The fraction of sp³-hybridized carbons (Fsp3) is 0.222. The standard InChI is InChI=1S/C18H18FN5O2S/c1-4-9-24-16(13-5-7-14(19)8-6-13)21-22-18(24)27-12(3)17(25)20-15-10-11(2)26-23-15/h4-8,10,12H,1,9H2,2-3H3,(H,20,23,25)/t12-/m0/s1. The number of hydrogen-bond donors (Lipinski definition) is 1. The summed E-state index contributed by atoms with van der Waals surface area (Å²) in [5.74, 6) is 1.00. The maximum absolute atomic E-state index is 13.2. The molecule has 0 aliphatic carbocycles. The van der Waals surface area contributed by atoms with E-state index in [1.54, 1.807) is 38.1 Å². The highest BCUT2D eigenvalue weighted by atomic mass is 32.2. The molecule has 0 aliphatic heterocycles. The van der Waals surface area contributed by atoms with E-state index in [9.17, 15) is 9.18 Å². The van der Waals surface area contributed by atoms with Crippen LogP contribution >= 0.6 is 11.8 Å². The molecule has 3 rings (SSSR count). The molecule has 0 saturated heterocycles. The molecule has 0 unspecified atom stereocenters. The van der Waals surface area contributed by atoms with Crippen LogP contribution in [0.15, 0.2) is 52.7 Å². The van der Waals surface area contributed by atoms with Gasteiger partial charge in [0.15, 0.2) is 16.8 Å². The molecular weight excluding hydrogens is 369 g/mol. The number of rotatable bonds is 7. The molecule has 2 heterocycles. The van der Waals surface area contributed by atoms with Crippen LogP contribution in [0.1, 0.15) is 12.7 Å². The van der Waals surface area contributed by atoms with Crippen LogP contribution in [0.2, 0.25) is 0 Å². The van der Waals surface area contributed by atoms with Crippen LogP contribution in [0.4, 0.5) is 10.2 Å². The Morgan fingerprint density at radius 1 is 1.41 bits per heavy atom. The van der Waals surface area contributed by atoms with Crippen molar-refractivity contribution in [3.63, 3.8) is 0 Å². The minimum absolute atomic E-state index is 0.232. The number of aromatic nitrogens is 4. The van der Waals surface area contributed by atoms with Gasteiger partial charge in [-0.3, -0.25) is 9.36 Å². The van der Waals surface area contributed by atoms with Crippen LogP contribution in [0.3, 0.4) is 0 Å². The predicted molar refractivity (Wildman–Crippen MR) is 101 cm³/mol. The topological polar surface area (TPSA) is 85.8 Å². The summed E-state index contributed by atoms with van der Waals surface area (Å²) in [5.41, 5.74) is 0.729. The second-order valence-corrected chi connectivity index (χ2v) is 7.09. The first-order valence-electron chi connectivity index (χ1n) is 8.19. The Hall–Kier alpha value is -2.94. The fourth-order valence-corrected chi connectivity index (χ4v) is 3.21. The Morgan fingerprint density at radius 3 is 2.78 bits per heavy atom. The second-order valence-electron chi connectivity index (χ2n) is 5.78. The lowest BCUT2D eigenvalue weighted by molar-refractivity contribution is -0.115. The number of nitrogens with one attached hydrogen (secondary N) is 1. The van der Waals surface area contributed by atoms with Crippen molar-refractivity contribution in [2.75, 3.05) is 5.32 Å². The van der Waals surface area contributed by atoms with E-state index in [2.05, 4.69) is 27.2 Å². The van der Waals surface area contributed by atoms with E-state index in [0.717, 1.165) is 5.56 Å². The molecule has 0 saturated carbocycles. The zero-order chi connectivity index (χ0) is 19.4. The van der Waals surface area contributed by atoms with Crippen LogP contribution in [-0.2, 0) is 11.3 Å². The van der Waals surface area contributed by atoms with Crippen LogP contribution < -0.4 is 5.32 Å². The predicted octanol–water partition coefficient (Wildman–Crippen LogP) is 3.69. The summed E-state index contributed by atoms with van der Waals surface area (Å²) in [5, 5.41) is 14.9. The first-order chi connectivity index (χ1) is 13.0. The number of halogens is 1. The Kier molecular flexibility index (Phi) is 5.70. The molecule has 2 aromatic heterocycles. The number of aryl methyl sites for hydroxylation is 1. The zero-order valence-corrected chi connectivity index (χ0v) is 15.7. The smallest absolute Gasteiger partial charge is 0.238 e. The Labute approximate surface area is 159 Å². The van der Waals surface area contributed by atoms with E-state index in [4.69, 9.17) is 4.52 Å². The third kappa shape index (κ3) is 4.43. The molecule has 3 aromatic rings.